The summed E-state index contributed by atoms with van der Waals surface area (Å²) < 4.78 is 22.7. The Morgan fingerprint density at radius 2 is 1.87 bits per heavy atom. The van der Waals surface area contributed by atoms with Gasteiger partial charge in [-0.1, -0.05) is 6.92 Å². The summed E-state index contributed by atoms with van der Waals surface area (Å²) in [4.78, 5) is 10.9. The van der Waals surface area contributed by atoms with Crippen LogP contribution in [0.2, 0.25) is 0 Å². The summed E-state index contributed by atoms with van der Waals surface area (Å²) in [6, 6.07) is 0. The molecular weight excluding hydrogens is 216 g/mol. The number of carbonyl (C=O) groups is 1. The van der Waals surface area contributed by atoms with Crippen LogP contribution in [0.1, 0.15) is 27.2 Å². The van der Waals surface area contributed by atoms with Crippen LogP contribution in [-0.4, -0.2) is 37.9 Å². The summed E-state index contributed by atoms with van der Waals surface area (Å²) in [6.45, 7) is 5.32. The zero-order valence-corrected chi connectivity index (χ0v) is 10.4. The number of amides is 1. The first kappa shape index (κ1) is 14.4. The van der Waals surface area contributed by atoms with E-state index in [0.29, 0.717) is 6.42 Å². The van der Waals surface area contributed by atoms with E-state index in [1.807, 2.05) is 6.92 Å². The summed E-state index contributed by atoms with van der Waals surface area (Å²) in [7, 11) is -2.99. The van der Waals surface area contributed by atoms with Crippen LogP contribution >= 0.6 is 0 Å². The highest BCUT2D eigenvalue weighted by molar-refractivity contribution is 7.91. The summed E-state index contributed by atoms with van der Waals surface area (Å²) >= 11 is 0. The van der Waals surface area contributed by atoms with Crippen LogP contribution in [0.4, 0.5) is 0 Å². The van der Waals surface area contributed by atoms with Gasteiger partial charge in [0.25, 0.3) is 0 Å². The maximum atomic E-state index is 11.3. The molecule has 0 aromatic rings. The molecule has 0 radical (unpaired) electrons. The van der Waals surface area contributed by atoms with Gasteiger partial charge in [-0.3, -0.25) is 4.79 Å². The topological polar surface area (TPSA) is 89.3 Å². The molecule has 0 atom stereocenters. The van der Waals surface area contributed by atoms with Crippen molar-refractivity contribution in [3.63, 3.8) is 0 Å². The second-order valence-electron chi connectivity index (χ2n) is 4.07. The van der Waals surface area contributed by atoms with E-state index in [-0.39, 0.29) is 18.1 Å². The van der Waals surface area contributed by atoms with Crippen molar-refractivity contribution in [2.24, 2.45) is 5.73 Å². The molecule has 0 heterocycles. The van der Waals surface area contributed by atoms with Crippen LogP contribution in [0, 0.1) is 0 Å². The van der Waals surface area contributed by atoms with Crippen LogP contribution in [-0.2, 0) is 14.6 Å². The molecule has 0 saturated carbocycles. The van der Waals surface area contributed by atoms with Gasteiger partial charge in [0, 0.05) is 12.3 Å². The molecule has 5 nitrogen and oxygen atoms in total. The summed E-state index contributed by atoms with van der Waals surface area (Å²) in [5, 5.41) is 2.82. The average Bonchev–Trinajstić information content (AvgIpc) is 2.02. The lowest BCUT2D eigenvalue weighted by Gasteiger charge is -2.22. The fourth-order valence-corrected chi connectivity index (χ4v) is 2.26. The number of sulfone groups is 1. The van der Waals surface area contributed by atoms with Crippen molar-refractivity contribution in [2.45, 2.75) is 32.7 Å². The first-order valence-electron chi connectivity index (χ1n) is 4.96. The third-order valence-corrected chi connectivity index (χ3v) is 3.97. The molecule has 0 aliphatic carbocycles. The Balaban J connectivity index is 4.05. The molecule has 0 saturated heterocycles. The Hall–Kier alpha value is -0.620. The predicted molar refractivity (Wildman–Crippen MR) is 60.2 cm³/mol. The standard InChI is InChI=1S/C9H20N2O3S/c1-4-6-15(13,14)7-5-11-9(2,3)8(10)12/h11H,4-7H2,1-3H3,(H2,10,12). The minimum atomic E-state index is -2.99. The van der Waals surface area contributed by atoms with Gasteiger partial charge in [0.15, 0.2) is 9.84 Å². The Morgan fingerprint density at radius 1 is 1.33 bits per heavy atom. The molecular formula is C9H20N2O3S. The molecule has 3 N–H and O–H groups in total. The second kappa shape index (κ2) is 5.46. The van der Waals surface area contributed by atoms with Crippen molar-refractivity contribution in [1.29, 1.82) is 0 Å². The molecule has 0 bridgehead atoms. The molecule has 0 fully saturated rings. The molecule has 0 spiro atoms. The van der Waals surface area contributed by atoms with E-state index in [2.05, 4.69) is 5.32 Å². The van der Waals surface area contributed by atoms with Gasteiger partial charge in [0.1, 0.15) is 0 Å². The van der Waals surface area contributed by atoms with Gasteiger partial charge in [-0.25, -0.2) is 8.42 Å². The molecule has 6 heteroatoms. The van der Waals surface area contributed by atoms with E-state index in [4.69, 9.17) is 5.73 Å². The summed E-state index contributed by atoms with van der Waals surface area (Å²) in [5.41, 5.74) is 4.27. The molecule has 0 aromatic heterocycles. The van der Waals surface area contributed by atoms with Crippen molar-refractivity contribution in [3.05, 3.63) is 0 Å². The van der Waals surface area contributed by atoms with Gasteiger partial charge < -0.3 is 11.1 Å². The number of hydrogen-bond donors (Lipinski definition) is 2. The van der Waals surface area contributed by atoms with Crippen molar-refractivity contribution in [2.75, 3.05) is 18.1 Å². The normalized spacial score (nSPS) is 12.7. The van der Waals surface area contributed by atoms with Crippen molar-refractivity contribution >= 4 is 15.7 Å². The van der Waals surface area contributed by atoms with Crippen LogP contribution in [0.5, 0.6) is 0 Å². The smallest absolute Gasteiger partial charge is 0.237 e. The van der Waals surface area contributed by atoms with Crippen molar-refractivity contribution < 1.29 is 13.2 Å². The number of nitrogens with two attached hydrogens (primary N) is 1. The highest BCUT2D eigenvalue weighted by atomic mass is 32.2. The van der Waals surface area contributed by atoms with E-state index in [9.17, 15) is 13.2 Å². The first-order chi connectivity index (χ1) is 6.71. The van der Waals surface area contributed by atoms with E-state index < -0.39 is 21.3 Å². The molecule has 0 aliphatic heterocycles. The van der Waals surface area contributed by atoms with Gasteiger partial charge in [0.2, 0.25) is 5.91 Å². The monoisotopic (exact) mass is 236 g/mol. The number of rotatable bonds is 7. The lowest BCUT2D eigenvalue weighted by molar-refractivity contribution is -0.123. The molecule has 1 amide bonds. The van der Waals surface area contributed by atoms with Crippen LogP contribution in [0.25, 0.3) is 0 Å². The maximum absolute atomic E-state index is 11.3. The lowest BCUT2D eigenvalue weighted by atomic mass is 10.1. The van der Waals surface area contributed by atoms with Crippen LogP contribution in [0.3, 0.4) is 0 Å². The lowest BCUT2D eigenvalue weighted by Crippen LogP contribution is -2.51. The second-order valence-corrected chi connectivity index (χ2v) is 6.37. The summed E-state index contributed by atoms with van der Waals surface area (Å²) in [6.07, 6.45) is 0.613. The summed E-state index contributed by atoms with van der Waals surface area (Å²) in [5.74, 6) is -0.265. The Labute approximate surface area is 91.3 Å². The van der Waals surface area contributed by atoms with E-state index >= 15 is 0 Å². The number of primary amides is 1. The SMILES string of the molecule is CCCS(=O)(=O)CCNC(C)(C)C(N)=O. The third-order valence-electron chi connectivity index (χ3n) is 2.11. The Bertz CT molecular complexity index is 309. The van der Waals surface area contributed by atoms with E-state index in [1.165, 1.54) is 0 Å². The van der Waals surface area contributed by atoms with Crippen LogP contribution in [0.15, 0.2) is 0 Å². The van der Waals surface area contributed by atoms with Crippen LogP contribution < -0.4 is 11.1 Å². The van der Waals surface area contributed by atoms with Gasteiger partial charge in [-0.05, 0) is 20.3 Å². The number of hydrogen-bond acceptors (Lipinski definition) is 4. The highest BCUT2D eigenvalue weighted by Gasteiger charge is 2.24. The average molecular weight is 236 g/mol. The van der Waals surface area contributed by atoms with Gasteiger partial charge in [-0.2, -0.15) is 0 Å². The maximum Gasteiger partial charge on any atom is 0.237 e. The molecule has 0 unspecified atom stereocenters. The molecule has 0 rings (SSSR count). The fourth-order valence-electron chi connectivity index (χ4n) is 1.02. The minimum Gasteiger partial charge on any atom is -0.368 e. The highest BCUT2D eigenvalue weighted by Crippen LogP contribution is 2.00. The quantitative estimate of drug-likeness (QED) is 0.633. The Morgan fingerprint density at radius 3 is 2.27 bits per heavy atom. The van der Waals surface area contributed by atoms with E-state index in [1.54, 1.807) is 13.8 Å². The van der Waals surface area contributed by atoms with Crippen molar-refractivity contribution in [3.8, 4) is 0 Å². The van der Waals surface area contributed by atoms with E-state index in [0.717, 1.165) is 0 Å². The first-order valence-corrected chi connectivity index (χ1v) is 6.79. The zero-order chi connectivity index (χ0) is 12.1. The minimum absolute atomic E-state index is 0.0392. The molecule has 90 valence electrons. The molecule has 0 aliphatic rings. The van der Waals surface area contributed by atoms with Crippen molar-refractivity contribution in [1.82, 2.24) is 5.32 Å². The fraction of sp³-hybridized carbons (Fsp3) is 0.889. The van der Waals surface area contributed by atoms with Gasteiger partial charge in [0.05, 0.1) is 11.3 Å². The van der Waals surface area contributed by atoms with Gasteiger partial charge in [-0.15, -0.1) is 0 Å². The zero-order valence-electron chi connectivity index (χ0n) is 9.54. The third kappa shape index (κ3) is 5.74. The predicted octanol–water partition coefficient (Wildman–Crippen LogP) is -0.335. The molecule has 15 heavy (non-hydrogen) atoms. The van der Waals surface area contributed by atoms with Gasteiger partial charge >= 0.3 is 0 Å². The number of nitrogens with one attached hydrogen (secondary N) is 1. The Kier molecular flexibility index (Phi) is 5.23. The molecule has 0 aromatic carbocycles. The number of carbonyl (C=O) groups excluding carboxylic acids is 1. The largest absolute Gasteiger partial charge is 0.368 e.